The maximum absolute atomic E-state index is 14.2. The summed E-state index contributed by atoms with van der Waals surface area (Å²) in [6, 6.07) is 11.8. The Kier molecular flexibility index (Phi) is 5.97. The Morgan fingerprint density at radius 2 is 1.94 bits per heavy atom. The van der Waals surface area contributed by atoms with Gasteiger partial charge in [-0.25, -0.2) is 14.4 Å². The molecule has 7 nitrogen and oxygen atoms in total. The van der Waals surface area contributed by atoms with E-state index >= 15 is 0 Å². The quantitative estimate of drug-likeness (QED) is 0.446. The number of fused-ring (bicyclic) bond motifs is 1. The lowest BCUT2D eigenvalue weighted by Crippen LogP contribution is -2.44. The number of benzene rings is 2. The summed E-state index contributed by atoms with van der Waals surface area (Å²) in [4.78, 5) is 24.4. The smallest absolute Gasteiger partial charge is 0.254 e. The fourth-order valence-electron chi connectivity index (χ4n) is 4.19. The van der Waals surface area contributed by atoms with Crippen LogP contribution in [-0.4, -0.2) is 61.6 Å². The van der Waals surface area contributed by atoms with Crippen LogP contribution in [0.3, 0.4) is 0 Å². The lowest BCUT2D eigenvalue weighted by molar-refractivity contribution is -0.0124. The first-order valence-corrected chi connectivity index (χ1v) is 12.4. The van der Waals surface area contributed by atoms with Crippen molar-refractivity contribution in [3.63, 3.8) is 0 Å². The number of amides is 1. The Bertz CT molecular complexity index is 1400. The van der Waals surface area contributed by atoms with Crippen LogP contribution in [0.1, 0.15) is 17.3 Å². The van der Waals surface area contributed by atoms with E-state index in [-0.39, 0.29) is 17.8 Å². The van der Waals surface area contributed by atoms with Crippen molar-refractivity contribution < 1.29 is 18.1 Å². The van der Waals surface area contributed by atoms with Crippen molar-refractivity contribution in [1.82, 2.24) is 19.4 Å². The summed E-state index contributed by atoms with van der Waals surface area (Å²) in [5.41, 5.74) is 2.16. The molecule has 174 valence electrons. The van der Waals surface area contributed by atoms with Gasteiger partial charge in [0.15, 0.2) is 0 Å². The Balaban J connectivity index is 1.56. The molecule has 1 aliphatic rings. The second kappa shape index (κ2) is 9.08. The molecule has 0 N–H and O–H groups in total. The van der Waals surface area contributed by atoms with Crippen molar-refractivity contribution in [2.24, 2.45) is 0 Å². The second-order valence-corrected chi connectivity index (χ2v) is 9.58. The van der Waals surface area contributed by atoms with Crippen LogP contribution in [0.25, 0.3) is 28.0 Å². The zero-order valence-electron chi connectivity index (χ0n) is 18.8. The lowest BCUT2D eigenvalue weighted by Gasteiger charge is -2.31. The number of halogens is 1. The first kappa shape index (κ1) is 22.4. The number of carbonyl (C=O) groups excluding carboxylic acids is 1. The summed E-state index contributed by atoms with van der Waals surface area (Å²) >= 11 is 0. The molecule has 34 heavy (non-hydrogen) atoms. The average Bonchev–Trinajstić information content (AvgIpc) is 3.23. The van der Waals surface area contributed by atoms with E-state index in [0.717, 1.165) is 5.39 Å². The van der Waals surface area contributed by atoms with Gasteiger partial charge in [-0.05, 0) is 25.1 Å². The summed E-state index contributed by atoms with van der Waals surface area (Å²) in [6.45, 7) is 3.52. The third-order valence-electron chi connectivity index (χ3n) is 5.89. The monoisotopic (exact) mass is 478 g/mol. The first-order valence-electron chi connectivity index (χ1n) is 10.9. The summed E-state index contributed by atoms with van der Waals surface area (Å²) in [5, 5.41) is 0.759. The number of morpholine rings is 1. The number of hydrogen-bond donors (Lipinski definition) is 0. The summed E-state index contributed by atoms with van der Waals surface area (Å²) in [6.07, 6.45) is 6.43. The molecule has 0 aliphatic carbocycles. The molecule has 3 heterocycles. The minimum atomic E-state index is -1.26. The topological polar surface area (TPSA) is 77.3 Å². The van der Waals surface area contributed by atoms with Crippen molar-refractivity contribution in [2.45, 2.75) is 17.9 Å². The highest BCUT2D eigenvalue weighted by molar-refractivity contribution is 7.84. The molecule has 2 atom stereocenters. The highest BCUT2D eigenvalue weighted by Crippen LogP contribution is 2.28. The molecular formula is C25H23FN4O3S. The molecule has 0 spiro atoms. The van der Waals surface area contributed by atoms with E-state index in [1.807, 2.05) is 13.0 Å². The predicted molar refractivity (Wildman–Crippen MR) is 128 cm³/mol. The number of carbonyl (C=O) groups is 1. The van der Waals surface area contributed by atoms with Gasteiger partial charge in [0.1, 0.15) is 5.82 Å². The van der Waals surface area contributed by atoms with Gasteiger partial charge in [0.25, 0.3) is 5.91 Å². The zero-order chi connectivity index (χ0) is 23.8. The van der Waals surface area contributed by atoms with Gasteiger partial charge in [0.2, 0.25) is 5.95 Å². The van der Waals surface area contributed by atoms with Crippen LogP contribution in [0, 0.1) is 5.82 Å². The van der Waals surface area contributed by atoms with Gasteiger partial charge in [-0.3, -0.25) is 13.6 Å². The molecule has 2 aromatic heterocycles. The number of aromatic nitrogens is 3. The SMILES string of the molecule is C[C@H]1CN(C(=O)c2ccc3c(S(C)=O)cn(-c4ncc(-c5ccccc5F)cn4)c3c2)CCO1. The standard InChI is InChI=1S/C25H23FN4O3S/c1-16-14-29(9-10-33-16)24(31)17-7-8-20-22(11-17)30(15-23(20)34(2)32)25-27-12-18(13-28-25)19-5-3-4-6-21(19)26/h3-8,11-13,15-16H,9-10,14H2,1-2H3/t16-,34?/m0/s1. The van der Waals surface area contributed by atoms with Gasteiger partial charge in [0.05, 0.1) is 33.9 Å². The van der Waals surface area contributed by atoms with Gasteiger partial charge < -0.3 is 9.64 Å². The van der Waals surface area contributed by atoms with Crippen molar-refractivity contribution in [2.75, 3.05) is 26.0 Å². The minimum absolute atomic E-state index is 0.0132. The van der Waals surface area contributed by atoms with Gasteiger partial charge in [-0.2, -0.15) is 0 Å². The minimum Gasteiger partial charge on any atom is -0.375 e. The molecule has 9 heteroatoms. The van der Waals surface area contributed by atoms with Crippen LogP contribution >= 0.6 is 0 Å². The average molecular weight is 479 g/mol. The Labute approximate surface area is 198 Å². The highest BCUT2D eigenvalue weighted by Gasteiger charge is 2.24. The third-order valence-corrected chi connectivity index (χ3v) is 6.84. The molecule has 1 unspecified atom stereocenters. The van der Waals surface area contributed by atoms with Gasteiger partial charge in [-0.15, -0.1) is 0 Å². The van der Waals surface area contributed by atoms with E-state index in [9.17, 15) is 13.4 Å². The van der Waals surface area contributed by atoms with Crippen LogP contribution in [0.5, 0.6) is 0 Å². The van der Waals surface area contributed by atoms with Crippen LogP contribution < -0.4 is 0 Å². The number of ether oxygens (including phenoxy) is 1. The zero-order valence-corrected chi connectivity index (χ0v) is 19.6. The van der Waals surface area contributed by atoms with E-state index in [0.29, 0.717) is 52.7 Å². The molecular weight excluding hydrogens is 455 g/mol. The fourth-order valence-corrected chi connectivity index (χ4v) is 4.92. The molecule has 0 bridgehead atoms. The van der Waals surface area contributed by atoms with Crippen LogP contribution in [0.4, 0.5) is 4.39 Å². The predicted octanol–water partition coefficient (Wildman–Crippen LogP) is 3.82. The normalized spacial score (nSPS) is 17.1. The number of rotatable bonds is 4. The molecule has 0 radical (unpaired) electrons. The van der Waals surface area contributed by atoms with E-state index in [2.05, 4.69) is 9.97 Å². The molecule has 5 rings (SSSR count). The maximum Gasteiger partial charge on any atom is 0.254 e. The third kappa shape index (κ3) is 4.12. The van der Waals surface area contributed by atoms with Crippen LogP contribution in [-0.2, 0) is 15.5 Å². The van der Waals surface area contributed by atoms with Crippen molar-refractivity contribution >= 4 is 27.6 Å². The van der Waals surface area contributed by atoms with Gasteiger partial charge in [-0.1, -0.05) is 24.3 Å². The van der Waals surface area contributed by atoms with Crippen molar-refractivity contribution in [1.29, 1.82) is 0 Å². The molecule has 1 amide bonds. The van der Waals surface area contributed by atoms with E-state index in [4.69, 9.17) is 4.74 Å². The van der Waals surface area contributed by atoms with Gasteiger partial charge in [0, 0.05) is 60.0 Å². The molecule has 1 saturated heterocycles. The molecule has 1 aliphatic heterocycles. The largest absolute Gasteiger partial charge is 0.375 e. The number of nitrogens with zero attached hydrogens (tertiary/aromatic N) is 4. The lowest BCUT2D eigenvalue weighted by atomic mass is 10.1. The molecule has 0 saturated carbocycles. The molecule has 1 fully saturated rings. The highest BCUT2D eigenvalue weighted by atomic mass is 32.2. The maximum atomic E-state index is 14.2. The summed E-state index contributed by atoms with van der Waals surface area (Å²) in [5.74, 6) is -0.0966. The van der Waals surface area contributed by atoms with E-state index in [1.165, 1.54) is 6.07 Å². The fraction of sp³-hybridized carbons (Fsp3) is 0.240. The second-order valence-electron chi connectivity index (χ2n) is 8.23. The Hall–Kier alpha value is -3.43. The van der Waals surface area contributed by atoms with Gasteiger partial charge >= 0.3 is 0 Å². The Morgan fingerprint density at radius 3 is 2.65 bits per heavy atom. The molecule has 4 aromatic rings. The number of hydrogen-bond acceptors (Lipinski definition) is 5. The Morgan fingerprint density at radius 1 is 1.18 bits per heavy atom. The van der Waals surface area contributed by atoms with Crippen LogP contribution in [0.2, 0.25) is 0 Å². The first-order chi connectivity index (χ1) is 16.4. The summed E-state index contributed by atoms with van der Waals surface area (Å²) < 4.78 is 33.8. The van der Waals surface area contributed by atoms with Crippen molar-refractivity contribution in [3.05, 3.63) is 72.4 Å². The van der Waals surface area contributed by atoms with E-state index in [1.54, 1.807) is 64.6 Å². The summed E-state index contributed by atoms with van der Waals surface area (Å²) in [7, 11) is -1.26. The van der Waals surface area contributed by atoms with E-state index < -0.39 is 10.8 Å². The van der Waals surface area contributed by atoms with Crippen LogP contribution in [0.15, 0.2) is 66.0 Å². The van der Waals surface area contributed by atoms with Crippen molar-refractivity contribution in [3.8, 4) is 17.1 Å². The molecule has 2 aromatic carbocycles.